The first kappa shape index (κ1) is 13.0. The zero-order chi connectivity index (χ0) is 12.5. The fourth-order valence-electron chi connectivity index (χ4n) is 1.20. The molecule has 0 aliphatic rings. The van der Waals surface area contributed by atoms with Gasteiger partial charge in [-0.3, -0.25) is 0 Å². The molecule has 17 heavy (non-hydrogen) atoms. The van der Waals surface area contributed by atoms with Gasteiger partial charge in [0.15, 0.2) is 0 Å². The molecule has 0 spiro atoms. The Morgan fingerprint density at radius 3 is 2.76 bits per heavy atom. The second kappa shape index (κ2) is 7.28. The molecule has 0 aliphatic carbocycles. The third-order valence-corrected chi connectivity index (χ3v) is 2.18. The van der Waals surface area contributed by atoms with Crippen LogP contribution >= 0.6 is 0 Å². The minimum Gasteiger partial charge on any atom is -0.461 e. The van der Waals surface area contributed by atoms with Gasteiger partial charge < -0.3 is 9.64 Å². The van der Waals surface area contributed by atoms with E-state index in [1.54, 1.807) is 0 Å². The number of hydrogen-bond donors (Lipinski definition) is 0. The maximum absolute atomic E-state index is 10.8. The molecule has 0 atom stereocenters. The average Bonchev–Trinajstić information content (AvgIpc) is 2.37. The van der Waals surface area contributed by atoms with Crippen LogP contribution in [0.15, 0.2) is 49.2 Å². The summed E-state index contributed by atoms with van der Waals surface area (Å²) in [6, 6.07) is 10.0. The van der Waals surface area contributed by atoms with Crippen molar-refractivity contribution in [1.29, 1.82) is 0 Å². The predicted octanol–water partition coefficient (Wildman–Crippen LogP) is 2.32. The summed E-state index contributed by atoms with van der Waals surface area (Å²) in [5, 5.41) is 0. The Morgan fingerprint density at radius 1 is 1.41 bits per heavy atom. The number of likely N-dealkylation sites (N-methyl/N-ethyl adjacent to an activating group) is 1. The molecule has 0 bridgehead atoms. The zero-order valence-corrected chi connectivity index (χ0v) is 10.0. The molecule has 0 unspecified atom stereocenters. The SMILES string of the molecule is C=CC(=O)OCCN(C)C=Cc1ccccc1. The molecule has 1 aromatic carbocycles. The van der Waals surface area contributed by atoms with Crippen molar-refractivity contribution in [2.24, 2.45) is 0 Å². The van der Waals surface area contributed by atoms with Crippen LogP contribution in [0.2, 0.25) is 0 Å². The number of carbonyl (C=O) groups is 1. The molecule has 0 amide bonds. The Balaban J connectivity index is 2.29. The van der Waals surface area contributed by atoms with E-state index in [2.05, 4.69) is 6.58 Å². The molecule has 0 heterocycles. The van der Waals surface area contributed by atoms with Gasteiger partial charge in [-0.25, -0.2) is 4.79 Å². The highest BCUT2D eigenvalue weighted by Crippen LogP contribution is 2.01. The second-order valence-electron chi connectivity index (χ2n) is 3.58. The third-order valence-electron chi connectivity index (χ3n) is 2.18. The largest absolute Gasteiger partial charge is 0.461 e. The summed E-state index contributed by atoms with van der Waals surface area (Å²) in [4.78, 5) is 12.8. The standard InChI is InChI=1S/C14H17NO2/c1-3-14(16)17-12-11-15(2)10-9-13-7-5-4-6-8-13/h3-10H,1,11-12H2,2H3. The van der Waals surface area contributed by atoms with Gasteiger partial charge in [0.1, 0.15) is 6.61 Å². The van der Waals surface area contributed by atoms with Crippen molar-refractivity contribution in [3.05, 3.63) is 54.8 Å². The zero-order valence-electron chi connectivity index (χ0n) is 10.0. The maximum atomic E-state index is 10.8. The van der Waals surface area contributed by atoms with E-state index >= 15 is 0 Å². The highest BCUT2D eigenvalue weighted by Gasteiger charge is 1.96. The van der Waals surface area contributed by atoms with Crippen molar-refractivity contribution in [1.82, 2.24) is 4.90 Å². The molecule has 0 saturated carbocycles. The van der Waals surface area contributed by atoms with Crippen molar-refractivity contribution in [2.45, 2.75) is 0 Å². The van der Waals surface area contributed by atoms with Gasteiger partial charge in [0.2, 0.25) is 0 Å². The first-order valence-electron chi connectivity index (χ1n) is 5.45. The molecule has 0 N–H and O–H groups in total. The van der Waals surface area contributed by atoms with Crippen LogP contribution in [0.25, 0.3) is 6.08 Å². The Bertz CT molecular complexity index is 384. The molecular weight excluding hydrogens is 214 g/mol. The van der Waals surface area contributed by atoms with Crippen LogP contribution in [0, 0.1) is 0 Å². The summed E-state index contributed by atoms with van der Waals surface area (Å²) in [6.07, 6.45) is 5.13. The minimum atomic E-state index is -0.384. The van der Waals surface area contributed by atoms with E-state index in [4.69, 9.17) is 4.74 Å². The van der Waals surface area contributed by atoms with Crippen molar-refractivity contribution < 1.29 is 9.53 Å². The maximum Gasteiger partial charge on any atom is 0.330 e. The van der Waals surface area contributed by atoms with E-state index in [1.165, 1.54) is 6.08 Å². The van der Waals surface area contributed by atoms with Crippen LogP contribution in [0.5, 0.6) is 0 Å². The molecule has 0 radical (unpaired) electrons. The van der Waals surface area contributed by atoms with Crippen molar-refractivity contribution in [3.8, 4) is 0 Å². The summed E-state index contributed by atoms with van der Waals surface area (Å²) < 4.78 is 4.88. The van der Waals surface area contributed by atoms with Crippen molar-refractivity contribution in [3.63, 3.8) is 0 Å². The lowest BCUT2D eigenvalue weighted by molar-refractivity contribution is -0.137. The van der Waals surface area contributed by atoms with E-state index in [0.717, 1.165) is 5.56 Å². The first-order valence-corrected chi connectivity index (χ1v) is 5.45. The topological polar surface area (TPSA) is 29.5 Å². The minimum absolute atomic E-state index is 0.362. The molecule has 90 valence electrons. The molecule has 0 aromatic heterocycles. The highest BCUT2D eigenvalue weighted by molar-refractivity contribution is 5.81. The number of nitrogens with zero attached hydrogens (tertiary/aromatic N) is 1. The Labute approximate surface area is 102 Å². The summed E-state index contributed by atoms with van der Waals surface area (Å²) in [7, 11) is 1.93. The molecular formula is C14H17NO2. The lowest BCUT2D eigenvalue weighted by Gasteiger charge is -2.13. The molecule has 3 heteroatoms. The lowest BCUT2D eigenvalue weighted by Crippen LogP contribution is -2.18. The van der Waals surface area contributed by atoms with Crippen molar-refractivity contribution >= 4 is 12.0 Å². The second-order valence-corrected chi connectivity index (χ2v) is 3.58. The van der Waals surface area contributed by atoms with Crippen LogP contribution in [0.4, 0.5) is 0 Å². The van der Waals surface area contributed by atoms with Gasteiger partial charge >= 0.3 is 5.97 Å². The van der Waals surface area contributed by atoms with Crippen LogP contribution in [-0.4, -0.2) is 31.1 Å². The predicted molar refractivity (Wildman–Crippen MR) is 69.3 cm³/mol. The van der Waals surface area contributed by atoms with Crippen LogP contribution < -0.4 is 0 Å². The van der Waals surface area contributed by atoms with E-state index in [0.29, 0.717) is 13.2 Å². The average molecular weight is 231 g/mol. The van der Waals surface area contributed by atoms with Crippen LogP contribution in [0.3, 0.4) is 0 Å². The summed E-state index contributed by atoms with van der Waals surface area (Å²) >= 11 is 0. The van der Waals surface area contributed by atoms with E-state index in [-0.39, 0.29) is 5.97 Å². The number of ether oxygens (including phenoxy) is 1. The molecule has 3 nitrogen and oxygen atoms in total. The summed E-state index contributed by atoms with van der Waals surface area (Å²) in [6.45, 7) is 4.35. The molecule has 0 fully saturated rings. The van der Waals surface area contributed by atoms with E-state index < -0.39 is 0 Å². The van der Waals surface area contributed by atoms with Crippen LogP contribution in [-0.2, 0) is 9.53 Å². The molecule has 1 rings (SSSR count). The molecule has 0 saturated heterocycles. The molecule has 1 aromatic rings. The lowest BCUT2D eigenvalue weighted by atomic mass is 10.2. The first-order chi connectivity index (χ1) is 8.22. The quantitative estimate of drug-likeness (QED) is 0.556. The Hall–Kier alpha value is -2.03. The van der Waals surface area contributed by atoms with Gasteiger partial charge in [-0.1, -0.05) is 36.9 Å². The van der Waals surface area contributed by atoms with E-state index in [9.17, 15) is 4.79 Å². The number of rotatable bonds is 6. The van der Waals surface area contributed by atoms with Gasteiger partial charge in [0.25, 0.3) is 0 Å². The van der Waals surface area contributed by atoms with Crippen LogP contribution in [0.1, 0.15) is 5.56 Å². The van der Waals surface area contributed by atoms with E-state index in [1.807, 2.05) is 54.6 Å². The highest BCUT2D eigenvalue weighted by atomic mass is 16.5. The van der Waals surface area contributed by atoms with Crippen molar-refractivity contribution in [2.75, 3.05) is 20.2 Å². The molecule has 0 aliphatic heterocycles. The normalized spacial score (nSPS) is 10.2. The Morgan fingerprint density at radius 2 is 2.12 bits per heavy atom. The third kappa shape index (κ3) is 5.56. The van der Waals surface area contributed by atoms with Gasteiger partial charge in [-0.15, -0.1) is 0 Å². The summed E-state index contributed by atoms with van der Waals surface area (Å²) in [5.41, 5.74) is 1.14. The Kier molecular flexibility index (Phi) is 5.58. The number of benzene rings is 1. The fourth-order valence-corrected chi connectivity index (χ4v) is 1.20. The smallest absolute Gasteiger partial charge is 0.330 e. The monoisotopic (exact) mass is 231 g/mol. The number of esters is 1. The fraction of sp³-hybridized carbons (Fsp3) is 0.214. The number of carbonyl (C=O) groups excluding carboxylic acids is 1. The van der Waals surface area contributed by atoms with Gasteiger partial charge in [0.05, 0.1) is 6.54 Å². The van der Waals surface area contributed by atoms with Gasteiger partial charge in [-0.05, 0) is 17.8 Å². The summed E-state index contributed by atoms with van der Waals surface area (Å²) in [5.74, 6) is -0.384. The van der Waals surface area contributed by atoms with Gasteiger partial charge in [0, 0.05) is 13.1 Å². The number of hydrogen-bond acceptors (Lipinski definition) is 3. The van der Waals surface area contributed by atoms with Gasteiger partial charge in [-0.2, -0.15) is 0 Å².